The molecule has 2 fully saturated rings. The second-order valence-electron chi connectivity index (χ2n) is 12.1. The number of likely N-dealkylation sites (tertiary alicyclic amines) is 1. The summed E-state index contributed by atoms with van der Waals surface area (Å²) in [6, 6.07) is 16.3. The summed E-state index contributed by atoms with van der Waals surface area (Å²) < 4.78 is 7.28. The van der Waals surface area contributed by atoms with Crippen LogP contribution in [-0.4, -0.2) is 57.6 Å². The number of pyridine rings is 1. The van der Waals surface area contributed by atoms with Gasteiger partial charge in [-0.2, -0.15) is 0 Å². The Morgan fingerprint density at radius 1 is 1.08 bits per heavy atom. The Labute approximate surface area is 231 Å². The quantitative estimate of drug-likeness (QED) is 0.399. The summed E-state index contributed by atoms with van der Waals surface area (Å²) in [7, 11) is 0. The van der Waals surface area contributed by atoms with Crippen molar-refractivity contribution in [3.63, 3.8) is 0 Å². The van der Waals surface area contributed by atoms with Gasteiger partial charge in [-0.1, -0.05) is 55.7 Å². The fourth-order valence-corrected chi connectivity index (χ4v) is 5.62. The van der Waals surface area contributed by atoms with Crippen molar-refractivity contribution in [3.05, 3.63) is 71.7 Å². The van der Waals surface area contributed by atoms with Crippen LogP contribution in [0.3, 0.4) is 0 Å². The molecule has 1 aromatic carbocycles. The molecule has 2 aliphatic rings. The molecule has 2 N–H and O–H groups in total. The smallest absolute Gasteiger partial charge is 0.407 e. The summed E-state index contributed by atoms with van der Waals surface area (Å²) in [5, 5.41) is 6.19. The monoisotopic (exact) mass is 531 g/mol. The molecule has 1 aliphatic carbocycles. The molecule has 8 heteroatoms. The first-order chi connectivity index (χ1) is 18.7. The summed E-state index contributed by atoms with van der Waals surface area (Å²) in [4.78, 5) is 32.5. The lowest BCUT2D eigenvalue weighted by Crippen LogP contribution is -2.40. The number of fused-ring (bicyclic) bond motifs is 1. The van der Waals surface area contributed by atoms with E-state index in [4.69, 9.17) is 9.72 Å². The predicted molar refractivity (Wildman–Crippen MR) is 152 cm³/mol. The number of nitrogens with one attached hydrogen (secondary N) is 2. The third-order valence-electron chi connectivity index (χ3n) is 7.78. The van der Waals surface area contributed by atoms with Gasteiger partial charge in [0, 0.05) is 44.3 Å². The van der Waals surface area contributed by atoms with E-state index >= 15 is 0 Å². The van der Waals surface area contributed by atoms with Gasteiger partial charge in [0.2, 0.25) is 0 Å². The van der Waals surface area contributed by atoms with Crippen molar-refractivity contribution < 1.29 is 14.3 Å². The van der Waals surface area contributed by atoms with E-state index in [-0.39, 0.29) is 18.0 Å². The molecule has 3 aromatic rings. The van der Waals surface area contributed by atoms with Crippen molar-refractivity contribution >= 4 is 17.6 Å². The average Bonchev–Trinajstić information content (AvgIpc) is 3.48. The highest BCUT2D eigenvalue weighted by atomic mass is 16.6. The third-order valence-corrected chi connectivity index (χ3v) is 7.78. The Bertz CT molecular complexity index is 1280. The molecule has 3 heterocycles. The largest absolute Gasteiger partial charge is 0.444 e. The van der Waals surface area contributed by atoms with Crippen LogP contribution in [0.5, 0.6) is 0 Å². The number of carbonyl (C=O) groups is 2. The topological polar surface area (TPSA) is 88.0 Å². The normalized spacial score (nSPS) is 19.0. The zero-order valence-corrected chi connectivity index (χ0v) is 23.4. The van der Waals surface area contributed by atoms with Crippen LogP contribution in [0.4, 0.5) is 4.79 Å². The molecule has 0 spiro atoms. The predicted octanol–water partition coefficient (Wildman–Crippen LogP) is 5.14. The van der Waals surface area contributed by atoms with E-state index in [9.17, 15) is 9.59 Å². The highest BCUT2D eigenvalue weighted by molar-refractivity contribution is 5.93. The van der Waals surface area contributed by atoms with Crippen molar-refractivity contribution in [3.8, 4) is 0 Å². The SMILES string of the molecule is CC(C)(C)OC(=O)NC1CCN(Cc2cn3c(C(=O)NCC(CC4CCC4)c4ccccc4)cccc3n2)C1. The van der Waals surface area contributed by atoms with Gasteiger partial charge in [0.25, 0.3) is 5.91 Å². The highest BCUT2D eigenvalue weighted by Gasteiger charge is 2.27. The molecule has 1 saturated carbocycles. The fraction of sp³-hybridized carbons (Fsp3) is 0.516. The fourth-order valence-electron chi connectivity index (χ4n) is 5.62. The van der Waals surface area contributed by atoms with E-state index in [1.54, 1.807) is 0 Å². The maximum absolute atomic E-state index is 13.3. The molecular weight excluding hydrogens is 490 g/mol. The maximum Gasteiger partial charge on any atom is 0.407 e. The van der Waals surface area contributed by atoms with Gasteiger partial charge in [-0.05, 0) is 57.2 Å². The summed E-state index contributed by atoms with van der Waals surface area (Å²) in [5.74, 6) is 0.994. The number of benzene rings is 1. The van der Waals surface area contributed by atoms with Crippen molar-refractivity contribution in [2.24, 2.45) is 5.92 Å². The Kier molecular flexibility index (Phi) is 8.21. The summed E-state index contributed by atoms with van der Waals surface area (Å²) in [6.45, 7) is 8.48. The highest BCUT2D eigenvalue weighted by Crippen LogP contribution is 2.35. The molecule has 8 nitrogen and oxygen atoms in total. The molecule has 1 aliphatic heterocycles. The van der Waals surface area contributed by atoms with E-state index in [2.05, 4.69) is 39.8 Å². The van der Waals surface area contributed by atoms with Gasteiger partial charge in [0.15, 0.2) is 0 Å². The minimum Gasteiger partial charge on any atom is -0.444 e. The second-order valence-corrected chi connectivity index (χ2v) is 12.1. The number of aromatic nitrogens is 2. The van der Waals surface area contributed by atoms with Gasteiger partial charge in [0.1, 0.15) is 16.9 Å². The number of alkyl carbamates (subject to hydrolysis) is 1. The number of imidazole rings is 1. The van der Waals surface area contributed by atoms with Crippen molar-refractivity contribution in [1.29, 1.82) is 0 Å². The van der Waals surface area contributed by atoms with Crippen LogP contribution in [0.25, 0.3) is 5.65 Å². The van der Waals surface area contributed by atoms with Crippen LogP contribution >= 0.6 is 0 Å². The van der Waals surface area contributed by atoms with Gasteiger partial charge in [-0.25, -0.2) is 9.78 Å². The second kappa shape index (κ2) is 11.8. The Morgan fingerprint density at radius 3 is 2.59 bits per heavy atom. The molecule has 2 atom stereocenters. The van der Waals surface area contributed by atoms with Crippen LogP contribution in [-0.2, 0) is 11.3 Å². The van der Waals surface area contributed by atoms with Gasteiger partial charge in [-0.15, -0.1) is 0 Å². The van der Waals surface area contributed by atoms with Crippen LogP contribution in [0.1, 0.15) is 80.5 Å². The van der Waals surface area contributed by atoms with Gasteiger partial charge in [0.05, 0.1) is 5.69 Å². The summed E-state index contributed by atoms with van der Waals surface area (Å²) >= 11 is 0. The van der Waals surface area contributed by atoms with Crippen molar-refractivity contribution in [2.75, 3.05) is 19.6 Å². The zero-order chi connectivity index (χ0) is 27.4. The lowest BCUT2D eigenvalue weighted by Gasteiger charge is -2.30. The standard InChI is InChI=1S/C31H41N5O3/c1-31(2,3)39-30(38)34-25-15-16-35(19-25)20-26-21-36-27(13-8-14-28(36)33-26)29(37)32-18-24(17-22-9-7-10-22)23-11-5-4-6-12-23/h4-6,8,11-14,21-22,24-25H,7,9-10,15-20H2,1-3H3,(H,32,37)(H,34,38). The lowest BCUT2D eigenvalue weighted by molar-refractivity contribution is 0.0505. The van der Waals surface area contributed by atoms with Gasteiger partial charge >= 0.3 is 6.09 Å². The number of hydrogen-bond donors (Lipinski definition) is 2. The number of ether oxygens (including phenoxy) is 1. The Morgan fingerprint density at radius 2 is 1.87 bits per heavy atom. The van der Waals surface area contributed by atoms with Gasteiger partial charge in [-0.3, -0.25) is 14.1 Å². The van der Waals surface area contributed by atoms with Gasteiger partial charge < -0.3 is 15.4 Å². The minimum absolute atomic E-state index is 0.0516. The first-order valence-electron chi connectivity index (χ1n) is 14.3. The third kappa shape index (κ3) is 7.18. The summed E-state index contributed by atoms with van der Waals surface area (Å²) in [5.41, 5.74) is 3.03. The molecule has 0 bridgehead atoms. The maximum atomic E-state index is 13.3. The number of carbonyl (C=O) groups excluding carboxylic acids is 2. The molecule has 208 valence electrons. The summed E-state index contributed by atoms with van der Waals surface area (Å²) in [6.07, 6.45) is 7.48. The number of rotatable bonds is 9. The number of hydrogen-bond acceptors (Lipinski definition) is 5. The number of amides is 2. The number of nitrogens with zero attached hydrogens (tertiary/aromatic N) is 3. The van der Waals surface area contributed by atoms with E-state index in [1.807, 2.05) is 55.6 Å². The molecule has 2 unspecified atom stereocenters. The van der Waals surface area contributed by atoms with Crippen molar-refractivity contribution in [1.82, 2.24) is 24.9 Å². The van der Waals surface area contributed by atoms with Crippen LogP contribution in [0, 0.1) is 5.92 Å². The van der Waals surface area contributed by atoms with Crippen molar-refractivity contribution in [2.45, 2.75) is 77.0 Å². The minimum atomic E-state index is -0.512. The first-order valence-corrected chi connectivity index (χ1v) is 14.3. The zero-order valence-electron chi connectivity index (χ0n) is 23.4. The molecular formula is C31H41N5O3. The Balaban J connectivity index is 1.20. The molecule has 39 heavy (non-hydrogen) atoms. The lowest BCUT2D eigenvalue weighted by atomic mass is 9.77. The van der Waals surface area contributed by atoms with E-state index in [0.29, 0.717) is 24.7 Å². The Hall–Kier alpha value is -3.39. The van der Waals surface area contributed by atoms with Crippen LogP contribution in [0.15, 0.2) is 54.7 Å². The average molecular weight is 532 g/mol. The molecule has 0 radical (unpaired) electrons. The molecule has 1 saturated heterocycles. The van der Waals surface area contributed by atoms with Crippen LogP contribution < -0.4 is 10.6 Å². The molecule has 5 rings (SSSR count). The first kappa shape index (κ1) is 27.2. The molecule has 2 amide bonds. The van der Waals surface area contributed by atoms with E-state index in [1.165, 1.54) is 24.8 Å². The van der Waals surface area contributed by atoms with E-state index in [0.717, 1.165) is 43.2 Å². The molecule has 2 aromatic heterocycles. The van der Waals surface area contributed by atoms with E-state index < -0.39 is 5.60 Å². The van der Waals surface area contributed by atoms with Crippen LogP contribution in [0.2, 0.25) is 0 Å².